The molecule has 176 valence electrons. The summed E-state index contributed by atoms with van der Waals surface area (Å²) in [7, 11) is 4.11. The van der Waals surface area contributed by atoms with E-state index in [2.05, 4.69) is 39.2 Å². The molecule has 1 aliphatic heterocycles. The second-order valence-electron chi connectivity index (χ2n) is 8.48. The number of nitrogens with one attached hydrogen (secondary N) is 1. The van der Waals surface area contributed by atoms with Gasteiger partial charge < -0.3 is 9.80 Å². The van der Waals surface area contributed by atoms with E-state index in [-0.39, 0.29) is 16.9 Å². The molecule has 1 N–H and O–H groups in total. The highest BCUT2D eigenvalue weighted by Gasteiger charge is 2.37. The van der Waals surface area contributed by atoms with E-state index < -0.39 is 11.9 Å². The van der Waals surface area contributed by atoms with Crippen LogP contribution in [0.2, 0.25) is 5.02 Å². The van der Waals surface area contributed by atoms with Crippen molar-refractivity contribution in [2.24, 2.45) is 0 Å². The van der Waals surface area contributed by atoms with Crippen LogP contribution < -0.4 is 4.90 Å². The molecular weight excluding hydrogens is 453 g/mol. The van der Waals surface area contributed by atoms with Crippen LogP contribution in [0.5, 0.6) is 0 Å². The third kappa shape index (κ3) is 5.30. The van der Waals surface area contributed by atoms with E-state index in [4.69, 9.17) is 11.6 Å². The Hall–Kier alpha value is -2.65. The molecule has 1 aliphatic rings. The number of hydrogen-bond donors (Lipinski definition) is 1. The predicted octanol–water partition coefficient (Wildman–Crippen LogP) is 5.42. The first kappa shape index (κ1) is 23.5. The highest BCUT2D eigenvalue weighted by molar-refractivity contribution is 6.30. The molecular formula is C23H26ClF3N6. The summed E-state index contributed by atoms with van der Waals surface area (Å²) in [5.41, 5.74) is 2.92. The van der Waals surface area contributed by atoms with Crippen LogP contribution in [-0.4, -0.2) is 58.8 Å². The topological polar surface area (TPSA) is 60.9 Å². The number of alkyl halides is 3. The van der Waals surface area contributed by atoms with Crippen LogP contribution in [0.3, 0.4) is 0 Å². The number of benzene rings is 1. The molecule has 0 radical (unpaired) electrons. The zero-order valence-electron chi connectivity index (χ0n) is 18.6. The van der Waals surface area contributed by atoms with Crippen LogP contribution >= 0.6 is 11.6 Å². The lowest BCUT2D eigenvalue weighted by atomic mass is 9.90. The Balaban J connectivity index is 1.60. The van der Waals surface area contributed by atoms with Crippen molar-refractivity contribution in [3.8, 4) is 0 Å². The number of allylic oxidation sites excluding steroid dienone is 1. The van der Waals surface area contributed by atoms with Crippen LogP contribution in [0.25, 0.3) is 16.6 Å². The Kier molecular flexibility index (Phi) is 6.90. The highest BCUT2D eigenvalue weighted by atomic mass is 35.5. The number of hydrogen-bond acceptors (Lipinski definition) is 5. The number of nitrogens with zero attached hydrogens (tertiary/aromatic N) is 5. The van der Waals surface area contributed by atoms with Gasteiger partial charge in [0, 0.05) is 18.1 Å². The van der Waals surface area contributed by atoms with Crippen LogP contribution in [0, 0.1) is 0 Å². The lowest BCUT2D eigenvalue weighted by molar-refractivity contribution is -0.139. The first-order valence-corrected chi connectivity index (χ1v) is 11.2. The summed E-state index contributed by atoms with van der Waals surface area (Å²) in [6.45, 7) is 2.14. The number of aromatic amines is 1. The van der Waals surface area contributed by atoms with E-state index in [0.717, 1.165) is 37.8 Å². The largest absolute Gasteiger partial charge is 0.433 e. The van der Waals surface area contributed by atoms with Gasteiger partial charge >= 0.3 is 6.18 Å². The molecule has 3 heterocycles. The van der Waals surface area contributed by atoms with Gasteiger partial charge in [-0.15, -0.1) is 0 Å². The molecule has 0 spiro atoms. The lowest BCUT2D eigenvalue weighted by Crippen LogP contribution is -2.32. The fourth-order valence-corrected chi connectivity index (χ4v) is 4.45. The molecule has 0 aliphatic carbocycles. The summed E-state index contributed by atoms with van der Waals surface area (Å²) in [5.74, 6) is 0.278. The number of anilines is 1. The molecule has 2 aromatic heterocycles. The third-order valence-electron chi connectivity index (χ3n) is 5.93. The van der Waals surface area contributed by atoms with Crippen LogP contribution in [0.4, 0.5) is 19.0 Å². The van der Waals surface area contributed by atoms with Crippen molar-refractivity contribution in [2.75, 3.05) is 38.6 Å². The van der Waals surface area contributed by atoms with E-state index in [1.165, 1.54) is 17.5 Å². The summed E-state index contributed by atoms with van der Waals surface area (Å²) in [5, 5.41) is 6.45. The Labute approximate surface area is 195 Å². The molecule has 1 fully saturated rings. The van der Waals surface area contributed by atoms with Crippen molar-refractivity contribution in [3.63, 3.8) is 0 Å². The monoisotopic (exact) mass is 478 g/mol. The molecule has 0 saturated carbocycles. The maximum Gasteiger partial charge on any atom is 0.433 e. The molecule has 6 nitrogen and oxygen atoms in total. The van der Waals surface area contributed by atoms with Crippen molar-refractivity contribution >= 4 is 34.0 Å². The summed E-state index contributed by atoms with van der Waals surface area (Å²) >= 11 is 6.09. The summed E-state index contributed by atoms with van der Waals surface area (Å²) in [4.78, 5) is 12.2. The van der Waals surface area contributed by atoms with Gasteiger partial charge in [0.25, 0.3) is 0 Å². The number of aromatic nitrogens is 4. The van der Waals surface area contributed by atoms with Crippen molar-refractivity contribution in [3.05, 3.63) is 52.4 Å². The Morgan fingerprint density at radius 2 is 1.82 bits per heavy atom. The quantitative estimate of drug-likeness (QED) is 0.512. The molecule has 0 atom stereocenters. The molecule has 33 heavy (non-hydrogen) atoms. The van der Waals surface area contributed by atoms with E-state index in [1.807, 2.05) is 29.2 Å². The zero-order chi connectivity index (χ0) is 23.6. The fraction of sp³-hybridized carbons (Fsp3) is 0.435. The zero-order valence-corrected chi connectivity index (χ0v) is 19.3. The average Bonchev–Trinajstić information content (AvgIpc) is 3.23. The summed E-state index contributed by atoms with van der Waals surface area (Å²) in [6, 6.07) is 7.88. The normalized spacial score (nSPS) is 15.0. The molecule has 3 aromatic rings. The van der Waals surface area contributed by atoms with E-state index in [1.54, 1.807) is 0 Å². The standard InChI is InChI=1S/C23H26ClF3N6/c1-32(2)11-3-4-18(15-5-7-17(24)8-6-15)16-9-12-33(13-10-16)22-19-20(23(25,26)27)30-31-21(19)28-14-29-22/h5-8,14H,3-4,9-13H2,1-2H3,(H,28,29,30,31). The minimum atomic E-state index is -4.55. The first-order chi connectivity index (χ1) is 15.7. The lowest BCUT2D eigenvalue weighted by Gasteiger charge is -2.31. The molecule has 10 heteroatoms. The average molecular weight is 479 g/mol. The van der Waals surface area contributed by atoms with Crippen molar-refractivity contribution in [1.29, 1.82) is 0 Å². The summed E-state index contributed by atoms with van der Waals surface area (Å²) < 4.78 is 40.5. The van der Waals surface area contributed by atoms with Crippen LogP contribution in [0.1, 0.15) is 36.9 Å². The number of halogens is 4. The minimum absolute atomic E-state index is 0.0270. The van der Waals surface area contributed by atoms with Gasteiger partial charge in [-0.1, -0.05) is 29.3 Å². The van der Waals surface area contributed by atoms with E-state index >= 15 is 0 Å². The smallest absolute Gasteiger partial charge is 0.355 e. The number of H-pyrrole nitrogens is 1. The van der Waals surface area contributed by atoms with Gasteiger partial charge in [-0.2, -0.15) is 18.3 Å². The second-order valence-corrected chi connectivity index (χ2v) is 8.91. The minimum Gasteiger partial charge on any atom is -0.355 e. The predicted molar refractivity (Wildman–Crippen MR) is 124 cm³/mol. The maximum atomic E-state index is 13.5. The third-order valence-corrected chi connectivity index (χ3v) is 6.18. The van der Waals surface area contributed by atoms with Crippen LogP contribution in [0.15, 0.2) is 36.2 Å². The molecule has 1 aromatic carbocycles. The van der Waals surface area contributed by atoms with E-state index in [9.17, 15) is 13.2 Å². The van der Waals surface area contributed by atoms with Crippen molar-refractivity contribution in [1.82, 2.24) is 25.1 Å². The van der Waals surface area contributed by atoms with Gasteiger partial charge in [0.15, 0.2) is 11.3 Å². The number of fused-ring (bicyclic) bond motifs is 1. The van der Waals surface area contributed by atoms with Crippen LogP contribution in [-0.2, 0) is 6.18 Å². The van der Waals surface area contributed by atoms with Gasteiger partial charge in [0.2, 0.25) is 0 Å². The second kappa shape index (κ2) is 9.69. The fourth-order valence-electron chi connectivity index (χ4n) is 4.32. The molecule has 4 rings (SSSR count). The van der Waals surface area contributed by atoms with Gasteiger partial charge in [0.05, 0.1) is 5.39 Å². The van der Waals surface area contributed by atoms with Gasteiger partial charge in [-0.05, 0) is 69.6 Å². The number of piperidine rings is 1. The van der Waals surface area contributed by atoms with Gasteiger partial charge in [-0.3, -0.25) is 5.10 Å². The SMILES string of the molecule is CN(C)CCCC(=C1CCN(c2ncnc3n[nH]c(C(F)(F)F)c23)CC1)c1ccc(Cl)cc1. The van der Waals surface area contributed by atoms with E-state index in [0.29, 0.717) is 18.1 Å². The van der Waals surface area contributed by atoms with Crippen molar-refractivity contribution in [2.45, 2.75) is 31.9 Å². The maximum absolute atomic E-state index is 13.5. The Morgan fingerprint density at radius 1 is 1.12 bits per heavy atom. The molecule has 1 saturated heterocycles. The highest BCUT2D eigenvalue weighted by Crippen LogP contribution is 2.38. The summed E-state index contributed by atoms with van der Waals surface area (Å²) in [6.07, 6.45) is 0.185. The Bertz CT molecular complexity index is 1130. The Morgan fingerprint density at radius 3 is 2.45 bits per heavy atom. The molecule has 0 bridgehead atoms. The molecule has 0 unspecified atom stereocenters. The van der Waals surface area contributed by atoms with Gasteiger partial charge in [-0.25, -0.2) is 9.97 Å². The first-order valence-electron chi connectivity index (χ1n) is 10.9. The van der Waals surface area contributed by atoms with Gasteiger partial charge in [0.1, 0.15) is 12.1 Å². The number of rotatable bonds is 6. The molecule has 0 amide bonds. The van der Waals surface area contributed by atoms with Crippen molar-refractivity contribution < 1.29 is 13.2 Å².